The van der Waals surface area contributed by atoms with Crippen LogP contribution in [0.3, 0.4) is 0 Å². The van der Waals surface area contributed by atoms with E-state index in [0.717, 1.165) is 15.0 Å². The first-order valence-electron chi connectivity index (χ1n) is 6.39. The smallest absolute Gasteiger partial charge is 0.129 e. The molecular formula is C16H12ClF2NS. The molecule has 5 heteroatoms. The molecule has 3 aromatic rings. The summed E-state index contributed by atoms with van der Waals surface area (Å²) < 4.78 is 28.2. The maximum atomic E-state index is 14.1. The van der Waals surface area contributed by atoms with Crippen molar-refractivity contribution in [1.29, 1.82) is 0 Å². The topological polar surface area (TPSA) is 12.0 Å². The first-order chi connectivity index (χ1) is 10.1. The van der Waals surface area contributed by atoms with Crippen LogP contribution in [0.25, 0.3) is 10.1 Å². The van der Waals surface area contributed by atoms with E-state index < -0.39 is 0 Å². The number of nitrogens with one attached hydrogen (secondary N) is 1. The van der Waals surface area contributed by atoms with Crippen molar-refractivity contribution < 1.29 is 8.78 Å². The second-order valence-electron chi connectivity index (χ2n) is 4.72. The van der Waals surface area contributed by atoms with Gasteiger partial charge in [0, 0.05) is 20.2 Å². The fourth-order valence-electron chi connectivity index (χ4n) is 2.35. The van der Waals surface area contributed by atoms with Crippen LogP contribution in [0.4, 0.5) is 8.78 Å². The van der Waals surface area contributed by atoms with Gasteiger partial charge in [0.15, 0.2) is 0 Å². The third-order valence-corrected chi connectivity index (χ3v) is 4.75. The highest BCUT2D eigenvalue weighted by molar-refractivity contribution is 7.19. The second kappa shape index (κ2) is 5.72. The summed E-state index contributed by atoms with van der Waals surface area (Å²) in [5.41, 5.74) is 0.522. The van der Waals surface area contributed by atoms with E-state index in [1.807, 2.05) is 6.07 Å². The Morgan fingerprint density at radius 3 is 2.62 bits per heavy atom. The van der Waals surface area contributed by atoms with Gasteiger partial charge >= 0.3 is 0 Å². The summed E-state index contributed by atoms with van der Waals surface area (Å²) in [5, 5.41) is 4.42. The molecule has 0 saturated heterocycles. The van der Waals surface area contributed by atoms with Crippen LogP contribution in [0.15, 0.2) is 42.5 Å². The second-order valence-corrected chi connectivity index (χ2v) is 6.27. The van der Waals surface area contributed by atoms with Crippen molar-refractivity contribution in [2.45, 2.75) is 6.04 Å². The average Bonchev–Trinajstić information content (AvgIpc) is 2.84. The molecule has 21 heavy (non-hydrogen) atoms. The van der Waals surface area contributed by atoms with Gasteiger partial charge in [-0.15, -0.1) is 11.3 Å². The Balaban J connectivity index is 2.09. The molecule has 1 nitrogen and oxygen atoms in total. The molecular weight excluding hydrogens is 312 g/mol. The van der Waals surface area contributed by atoms with Gasteiger partial charge in [0.25, 0.3) is 0 Å². The molecule has 0 aliphatic rings. The minimum absolute atomic E-state index is 0.269. The molecule has 0 aliphatic heterocycles. The molecule has 1 heterocycles. The highest BCUT2D eigenvalue weighted by Crippen LogP contribution is 2.34. The molecule has 1 unspecified atom stereocenters. The quantitative estimate of drug-likeness (QED) is 0.703. The van der Waals surface area contributed by atoms with Crippen LogP contribution in [-0.2, 0) is 0 Å². The van der Waals surface area contributed by atoms with Gasteiger partial charge in [-0.05, 0) is 42.8 Å². The van der Waals surface area contributed by atoms with Crippen molar-refractivity contribution in [1.82, 2.24) is 5.32 Å². The summed E-state index contributed by atoms with van der Waals surface area (Å²) in [4.78, 5) is 0.930. The number of rotatable bonds is 3. The Morgan fingerprint density at radius 2 is 1.90 bits per heavy atom. The molecule has 0 spiro atoms. The van der Waals surface area contributed by atoms with Gasteiger partial charge in [0.05, 0.1) is 6.04 Å². The van der Waals surface area contributed by atoms with E-state index in [4.69, 9.17) is 11.6 Å². The largest absolute Gasteiger partial charge is 0.309 e. The van der Waals surface area contributed by atoms with Crippen molar-refractivity contribution in [3.8, 4) is 0 Å². The van der Waals surface area contributed by atoms with E-state index in [0.29, 0.717) is 10.6 Å². The van der Waals surface area contributed by atoms with Gasteiger partial charge in [0.1, 0.15) is 11.6 Å². The number of halogens is 3. The predicted octanol–water partition coefficient (Wildman–Crippen LogP) is 5.14. The zero-order valence-corrected chi connectivity index (χ0v) is 12.7. The summed E-state index contributed by atoms with van der Waals surface area (Å²) in [6, 6.07) is 11.0. The van der Waals surface area contributed by atoms with Gasteiger partial charge in [-0.2, -0.15) is 0 Å². The Labute approximate surface area is 130 Å². The molecule has 0 saturated carbocycles. The molecule has 0 amide bonds. The van der Waals surface area contributed by atoms with E-state index in [-0.39, 0.29) is 17.7 Å². The molecule has 1 N–H and O–H groups in total. The van der Waals surface area contributed by atoms with E-state index >= 15 is 0 Å². The Morgan fingerprint density at radius 1 is 1.10 bits per heavy atom. The van der Waals surface area contributed by atoms with E-state index in [2.05, 4.69) is 5.32 Å². The van der Waals surface area contributed by atoms with Gasteiger partial charge in [0.2, 0.25) is 0 Å². The van der Waals surface area contributed by atoms with Crippen LogP contribution < -0.4 is 5.32 Å². The van der Waals surface area contributed by atoms with Crippen molar-refractivity contribution >= 4 is 33.0 Å². The number of hydrogen-bond donors (Lipinski definition) is 1. The number of fused-ring (bicyclic) bond motifs is 1. The highest BCUT2D eigenvalue weighted by Gasteiger charge is 2.19. The Kier molecular flexibility index (Phi) is 3.93. The Hall–Kier alpha value is -1.49. The summed E-state index contributed by atoms with van der Waals surface area (Å²) in [6.45, 7) is 0. The lowest BCUT2D eigenvalue weighted by molar-refractivity contribution is 0.579. The van der Waals surface area contributed by atoms with E-state index in [1.54, 1.807) is 25.2 Å². The number of benzene rings is 2. The standard InChI is InChI=1S/C16H12ClF2NS/c1-20-16(12-5-3-10(17)7-13(12)19)15-6-9-2-4-11(18)8-14(9)21-15/h2-8,16,20H,1H3. The van der Waals surface area contributed by atoms with Crippen molar-refractivity contribution in [2.75, 3.05) is 7.05 Å². The van der Waals surface area contributed by atoms with Crippen molar-refractivity contribution in [3.05, 3.63) is 69.6 Å². The van der Waals surface area contributed by atoms with Gasteiger partial charge < -0.3 is 5.32 Å². The number of hydrogen-bond acceptors (Lipinski definition) is 2. The lowest BCUT2D eigenvalue weighted by Gasteiger charge is -2.15. The van der Waals surface area contributed by atoms with Gasteiger partial charge in [-0.1, -0.05) is 23.7 Å². The van der Waals surface area contributed by atoms with Crippen LogP contribution in [0, 0.1) is 11.6 Å². The molecule has 1 aromatic heterocycles. The molecule has 0 bridgehead atoms. The summed E-state index contributed by atoms with van der Waals surface area (Å²) >= 11 is 7.24. The van der Waals surface area contributed by atoms with Crippen LogP contribution >= 0.6 is 22.9 Å². The predicted molar refractivity (Wildman–Crippen MR) is 84.1 cm³/mol. The third-order valence-electron chi connectivity index (χ3n) is 3.35. The van der Waals surface area contributed by atoms with E-state index in [9.17, 15) is 8.78 Å². The van der Waals surface area contributed by atoms with Crippen LogP contribution in [0.1, 0.15) is 16.5 Å². The molecule has 3 rings (SSSR count). The average molecular weight is 324 g/mol. The molecule has 1 atom stereocenters. The fourth-order valence-corrected chi connectivity index (χ4v) is 3.73. The van der Waals surface area contributed by atoms with Gasteiger partial charge in [-0.3, -0.25) is 0 Å². The van der Waals surface area contributed by atoms with Crippen molar-refractivity contribution in [3.63, 3.8) is 0 Å². The SMILES string of the molecule is CNC(c1cc2ccc(F)cc2s1)c1ccc(Cl)cc1F. The zero-order chi connectivity index (χ0) is 15.0. The van der Waals surface area contributed by atoms with Crippen LogP contribution in [-0.4, -0.2) is 7.05 Å². The minimum Gasteiger partial charge on any atom is -0.309 e. The zero-order valence-electron chi connectivity index (χ0n) is 11.2. The normalized spacial score (nSPS) is 12.8. The lowest BCUT2D eigenvalue weighted by Crippen LogP contribution is -2.17. The summed E-state index contributed by atoms with van der Waals surface area (Å²) in [5.74, 6) is -0.625. The molecule has 2 aromatic carbocycles. The monoisotopic (exact) mass is 323 g/mol. The van der Waals surface area contributed by atoms with Crippen LogP contribution in [0.2, 0.25) is 5.02 Å². The summed E-state index contributed by atoms with van der Waals surface area (Å²) in [6.07, 6.45) is 0. The fraction of sp³-hybridized carbons (Fsp3) is 0.125. The molecule has 0 fully saturated rings. The lowest BCUT2D eigenvalue weighted by atomic mass is 10.0. The molecule has 108 valence electrons. The number of thiophene rings is 1. The molecule has 0 aliphatic carbocycles. The summed E-state index contributed by atoms with van der Waals surface area (Å²) in [7, 11) is 1.77. The third kappa shape index (κ3) is 2.79. The van der Waals surface area contributed by atoms with Gasteiger partial charge in [-0.25, -0.2) is 8.78 Å². The molecule has 0 radical (unpaired) electrons. The Bertz CT molecular complexity index is 800. The first-order valence-corrected chi connectivity index (χ1v) is 7.59. The van der Waals surface area contributed by atoms with E-state index in [1.165, 1.54) is 29.5 Å². The van der Waals surface area contributed by atoms with Crippen molar-refractivity contribution in [2.24, 2.45) is 0 Å². The highest BCUT2D eigenvalue weighted by atomic mass is 35.5. The first kappa shape index (κ1) is 14.4. The minimum atomic E-state index is -0.356. The maximum absolute atomic E-state index is 14.1. The maximum Gasteiger partial charge on any atom is 0.129 e. The van der Waals surface area contributed by atoms with Crippen LogP contribution in [0.5, 0.6) is 0 Å².